The van der Waals surface area contributed by atoms with Crippen LogP contribution in [0.3, 0.4) is 0 Å². The van der Waals surface area contributed by atoms with Crippen LogP contribution >= 0.6 is 0 Å². The van der Waals surface area contributed by atoms with Crippen molar-refractivity contribution in [1.29, 1.82) is 0 Å². The molecule has 2 aromatic carbocycles. The minimum absolute atomic E-state index is 0.00853. The molecular formula is C17H20N2O4S. The molecule has 1 N–H and O–H groups in total. The quantitative estimate of drug-likeness (QED) is 0.791. The highest BCUT2D eigenvalue weighted by Crippen LogP contribution is 2.15. The fourth-order valence-corrected chi connectivity index (χ4v) is 3.57. The van der Waals surface area contributed by atoms with Crippen molar-refractivity contribution in [2.45, 2.75) is 13.1 Å². The fourth-order valence-electron chi connectivity index (χ4n) is 2.28. The second kappa shape index (κ2) is 8.05. The Hall–Kier alpha value is -2.22. The third-order valence-electron chi connectivity index (χ3n) is 3.48. The predicted octanol–water partition coefficient (Wildman–Crippen LogP) is 1.95. The highest BCUT2D eigenvalue weighted by Gasteiger charge is 2.29. The molecule has 0 aromatic heterocycles. The van der Waals surface area contributed by atoms with Crippen LogP contribution in [0.4, 0.5) is 0 Å². The number of carbonyl (C=O) groups is 1. The van der Waals surface area contributed by atoms with E-state index in [1.807, 2.05) is 36.4 Å². The van der Waals surface area contributed by atoms with E-state index in [0.717, 1.165) is 19.7 Å². The normalized spacial score (nSPS) is 11.8. The Labute approximate surface area is 142 Å². The van der Waals surface area contributed by atoms with Gasteiger partial charge in [-0.3, -0.25) is 4.79 Å². The Balaban J connectivity index is 2.20. The lowest BCUT2D eigenvalue weighted by molar-refractivity contribution is -0.137. The van der Waals surface area contributed by atoms with Crippen molar-refractivity contribution in [2.24, 2.45) is 0 Å². The van der Waals surface area contributed by atoms with Crippen molar-refractivity contribution in [1.82, 2.24) is 8.61 Å². The minimum atomic E-state index is -3.91. The van der Waals surface area contributed by atoms with E-state index < -0.39 is 22.7 Å². The Kier molecular flexibility index (Phi) is 6.08. The number of nitrogens with zero attached hydrogens (tertiary/aromatic N) is 2. The first-order chi connectivity index (χ1) is 11.4. The standard InChI is InChI=1S/C17H20N2O4S/c1-18(12-15-8-4-2-5-9-15)24(22,23)19(14-17(20)21)13-16-10-6-3-7-11-16/h2-11H,12-14H2,1H3,(H,20,21). The van der Waals surface area contributed by atoms with Crippen LogP contribution in [-0.2, 0) is 28.1 Å². The molecule has 0 aliphatic heterocycles. The van der Waals surface area contributed by atoms with Gasteiger partial charge in [-0.1, -0.05) is 60.7 Å². The van der Waals surface area contributed by atoms with Crippen molar-refractivity contribution in [2.75, 3.05) is 13.6 Å². The second-order valence-corrected chi connectivity index (χ2v) is 7.43. The fraction of sp³-hybridized carbons (Fsp3) is 0.235. The molecule has 0 heterocycles. The summed E-state index contributed by atoms with van der Waals surface area (Å²) >= 11 is 0. The number of carboxylic acid groups (broad SMARTS) is 1. The van der Waals surface area contributed by atoms with Gasteiger partial charge >= 0.3 is 5.97 Å². The van der Waals surface area contributed by atoms with Gasteiger partial charge in [-0.05, 0) is 11.1 Å². The number of carboxylic acids is 1. The Morgan fingerprint density at radius 1 is 0.917 bits per heavy atom. The highest BCUT2D eigenvalue weighted by atomic mass is 32.2. The van der Waals surface area contributed by atoms with E-state index in [9.17, 15) is 13.2 Å². The van der Waals surface area contributed by atoms with Gasteiger partial charge in [0, 0.05) is 20.1 Å². The molecule has 7 heteroatoms. The van der Waals surface area contributed by atoms with Gasteiger partial charge in [-0.25, -0.2) is 0 Å². The number of hydrogen-bond donors (Lipinski definition) is 1. The molecule has 6 nitrogen and oxygen atoms in total. The maximum atomic E-state index is 12.8. The van der Waals surface area contributed by atoms with Crippen LogP contribution < -0.4 is 0 Å². The molecule has 0 bridgehead atoms. The number of benzene rings is 2. The summed E-state index contributed by atoms with van der Waals surface area (Å²) in [7, 11) is -2.46. The first-order valence-electron chi connectivity index (χ1n) is 7.40. The molecule has 0 radical (unpaired) electrons. The molecule has 0 atom stereocenters. The van der Waals surface area contributed by atoms with E-state index in [2.05, 4.69) is 0 Å². The van der Waals surface area contributed by atoms with Crippen LogP contribution in [0.2, 0.25) is 0 Å². The summed E-state index contributed by atoms with van der Waals surface area (Å²) in [6, 6.07) is 18.1. The Bertz CT molecular complexity index is 764. The van der Waals surface area contributed by atoms with E-state index in [4.69, 9.17) is 5.11 Å². The van der Waals surface area contributed by atoms with Crippen LogP contribution in [0.15, 0.2) is 60.7 Å². The zero-order valence-electron chi connectivity index (χ0n) is 13.4. The van der Waals surface area contributed by atoms with Crippen molar-refractivity contribution < 1.29 is 18.3 Å². The smallest absolute Gasteiger partial charge is 0.318 e. The zero-order chi connectivity index (χ0) is 17.6. The molecule has 0 spiro atoms. The van der Waals surface area contributed by atoms with Gasteiger partial charge in [0.05, 0.1) is 0 Å². The lowest BCUT2D eigenvalue weighted by Gasteiger charge is -2.26. The summed E-state index contributed by atoms with van der Waals surface area (Å²) in [6.45, 7) is -0.404. The maximum Gasteiger partial charge on any atom is 0.318 e. The summed E-state index contributed by atoms with van der Waals surface area (Å²) in [4.78, 5) is 11.1. The Morgan fingerprint density at radius 2 is 1.38 bits per heavy atom. The second-order valence-electron chi connectivity index (χ2n) is 5.40. The van der Waals surface area contributed by atoms with Gasteiger partial charge in [-0.15, -0.1) is 0 Å². The zero-order valence-corrected chi connectivity index (χ0v) is 14.2. The molecule has 0 aliphatic carbocycles. The van der Waals surface area contributed by atoms with Crippen molar-refractivity contribution in [3.05, 3.63) is 71.8 Å². The topological polar surface area (TPSA) is 77.9 Å². The van der Waals surface area contributed by atoms with Gasteiger partial charge in [0.15, 0.2) is 0 Å². The average molecular weight is 348 g/mol. The third-order valence-corrected chi connectivity index (χ3v) is 5.31. The third kappa shape index (κ3) is 4.89. The molecule has 128 valence electrons. The van der Waals surface area contributed by atoms with Crippen molar-refractivity contribution >= 4 is 16.2 Å². The molecular weight excluding hydrogens is 328 g/mol. The molecule has 0 saturated carbocycles. The van der Waals surface area contributed by atoms with Gasteiger partial charge < -0.3 is 5.11 Å². The summed E-state index contributed by atoms with van der Waals surface area (Å²) in [5.74, 6) is -1.19. The maximum absolute atomic E-state index is 12.8. The number of hydrogen-bond acceptors (Lipinski definition) is 3. The molecule has 0 amide bonds. The molecule has 0 aliphatic rings. The van der Waals surface area contributed by atoms with Crippen LogP contribution in [0, 0.1) is 0 Å². The summed E-state index contributed by atoms with van der Waals surface area (Å²) < 4.78 is 27.7. The van der Waals surface area contributed by atoms with E-state index in [-0.39, 0.29) is 13.1 Å². The molecule has 24 heavy (non-hydrogen) atoms. The summed E-state index contributed by atoms with van der Waals surface area (Å²) in [5, 5.41) is 9.07. The van der Waals surface area contributed by atoms with E-state index in [1.54, 1.807) is 24.3 Å². The van der Waals surface area contributed by atoms with Crippen molar-refractivity contribution in [3.8, 4) is 0 Å². The SMILES string of the molecule is CN(Cc1ccccc1)S(=O)(=O)N(CC(=O)O)Cc1ccccc1. The predicted molar refractivity (Wildman–Crippen MR) is 91.3 cm³/mol. The molecule has 0 unspecified atom stereocenters. The van der Waals surface area contributed by atoms with Crippen LogP contribution in [0.5, 0.6) is 0 Å². The van der Waals surface area contributed by atoms with Gasteiger partial charge in [-0.2, -0.15) is 17.0 Å². The first-order valence-corrected chi connectivity index (χ1v) is 8.80. The molecule has 2 rings (SSSR count). The van der Waals surface area contributed by atoms with Crippen LogP contribution in [-0.4, -0.2) is 41.7 Å². The van der Waals surface area contributed by atoms with Crippen LogP contribution in [0.1, 0.15) is 11.1 Å². The van der Waals surface area contributed by atoms with Gasteiger partial charge in [0.1, 0.15) is 6.54 Å². The highest BCUT2D eigenvalue weighted by molar-refractivity contribution is 7.86. The van der Waals surface area contributed by atoms with E-state index in [0.29, 0.717) is 0 Å². The monoisotopic (exact) mass is 348 g/mol. The average Bonchev–Trinajstić information content (AvgIpc) is 2.55. The Morgan fingerprint density at radius 3 is 1.83 bits per heavy atom. The van der Waals surface area contributed by atoms with Crippen LogP contribution in [0.25, 0.3) is 0 Å². The van der Waals surface area contributed by atoms with Gasteiger partial charge in [0.2, 0.25) is 0 Å². The summed E-state index contributed by atoms with van der Waals surface area (Å²) in [5.41, 5.74) is 1.56. The molecule has 0 saturated heterocycles. The number of rotatable bonds is 8. The summed E-state index contributed by atoms with van der Waals surface area (Å²) in [6.07, 6.45) is 0. The van der Waals surface area contributed by atoms with E-state index >= 15 is 0 Å². The lowest BCUT2D eigenvalue weighted by Crippen LogP contribution is -2.43. The van der Waals surface area contributed by atoms with E-state index in [1.165, 1.54) is 7.05 Å². The minimum Gasteiger partial charge on any atom is -0.480 e. The lowest BCUT2D eigenvalue weighted by atomic mass is 10.2. The number of aliphatic carboxylic acids is 1. The largest absolute Gasteiger partial charge is 0.480 e. The molecule has 2 aromatic rings. The van der Waals surface area contributed by atoms with Gasteiger partial charge in [0.25, 0.3) is 10.2 Å². The molecule has 0 fully saturated rings. The van der Waals surface area contributed by atoms with Crippen molar-refractivity contribution in [3.63, 3.8) is 0 Å². The first kappa shape index (κ1) is 18.1.